The van der Waals surface area contributed by atoms with E-state index in [4.69, 9.17) is 0 Å². The van der Waals surface area contributed by atoms with Gasteiger partial charge in [0.15, 0.2) is 0 Å². The minimum absolute atomic E-state index is 0.0586. The van der Waals surface area contributed by atoms with Crippen LogP contribution in [0.15, 0.2) is 42.7 Å². The third-order valence-electron chi connectivity index (χ3n) is 3.76. The van der Waals surface area contributed by atoms with E-state index in [9.17, 15) is 26.4 Å². The van der Waals surface area contributed by atoms with Crippen LogP contribution < -0.4 is 10.0 Å². The zero-order chi connectivity index (χ0) is 20.7. The lowest BCUT2D eigenvalue weighted by molar-refractivity contribution is -0.137. The number of aromatic nitrogens is 2. The number of benzene rings is 2. The van der Waals surface area contributed by atoms with Gasteiger partial charge in [0.2, 0.25) is 15.9 Å². The van der Waals surface area contributed by atoms with Crippen molar-refractivity contribution >= 4 is 38.3 Å². The lowest BCUT2D eigenvalue weighted by atomic mass is 10.1. The summed E-state index contributed by atoms with van der Waals surface area (Å²) in [6.45, 7) is 1.17. The van der Waals surface area contributed by atoms with E-state index in [2.05, 4.69) is 15.0 Å². The molecular formula is C17H15F3N4O3S. The van der Waals surface area contributed by atoms with Crippen LogP contribution in [0.5, 0.6) is 0 Å². The third-order valence-corrected chi connectivity index (χ3v) is 4.35. The number of alkyl halides is 3. The number of rotatable bonds is 4. The number of nitrogens with zero attached hydrogens (tertiary/aromatic N) is 2. The second kappa shape index (κ2) is 6.82. The molecule has 2 aromatic carbocycles. The van der Waals surface area contributed by atoms with Gasteiger partial charge in [0.25, 0.3) is 0 Å². The molecule has 2 N–H and O–H groups in total. The fourth-order valence-electron chi connectivity index (χ4n) is 2.84. The van der Waals surface area contributed by atoms with Crippen LogP contribution in [0, 0.1) is 0 Å². The second-order valence-electron chi connectivity index (χ2n) is 6.04. The minimum atomic E-state index is -4.72. The normalized spacial score (nSPS) is 12.2. The number of imidazole rings is 1. The van der Waals surface area contributed by atoms with Gasteiger partial charge < -0.3 is 5.32 Å². The van der Waals surface area contributed by atoms with Crippen molar-refractivity contribution in [2.45, 2.75) is 13.1 Å². The van der Waals surface area contributed by atoms with Crippen LogP contribution in [-0.4, -0.2) is 30.1 Å². The Kier molecular flexibility index (Phi) is 4.79. The summed E-state index contributed by atoms with van der Waals surface area (Å²) >= 11 is 0. The number of fused-ring (bicyclic) bond motifs is 1. The van der Waals surface area contributed by atoms with Crippen LogP contribution in [0.2, 0.25) is 0 Å². The van der Waals surface area contributed by atoms with E-state index in [0.717, 1.165) is 23.2 Å². The molecule has 1 aromatic heterocycles. The number of hydrogen-bond acceptors (Lipinski definition) is 4. The van der Waals surface area contributed by atoms with Crippen molar-refractivity contribution in [3.05, 3.63) is 48.3 Å². The summed E-state index contributed by atoms with van der Waals surface area (Å²) in [5.74, 6) is -0.556. The number of nitrogens with one attached hydrogen (secondary N) is 2. The maximum Gasteiger partial charge on any atom is 0.418 e. The number of carbonyl (C=O) groups is 1. The lowest BCUT2D eigenvalue weighted by Crippen LogP contribution is -2.16. The Morgan fingerprint density at radius 1 is 1.11 bits per heavy atom. The number of amides is 1. The summed E-state index contributed by atoms with van der Waals surface area (Å²) in [7, 11) is -3.70. The Morgan fingerprint density at radius 2 is 1.75 bits per heavy atom. The van der Waals surface area contributed by atoms with E-state index >= 15 is 0 Å². The van der Waals surface area contributed by atoms with Gasteiger partial charge in [0.1, 0.15) is 6.33 Å². The Morgan fingerprint density at radius 3 is 2.36 bits per heavy atom. The molecule has 0 saturated heterocycles. The van der Waals surface area contributed by atoms with E-state index < -0.39 is 27.7 Å². The SMILES string of the molecule is CC(=O)Nc1cccc(C(F)(F)F)c1-n1cnc2cccc(NS(C)(=O)=O)c21. The number of hydrogen-bond donors (Lipinski definition) is 2. The van der Waals surface area contributed by atoms with Crippen LogP contribution in [-0.2, 0) is 21.0 Å². The average Bonchev–Trinajstić information content (AvgIpc) is 2.96. The third kappa shape index (κ3) is 3.93. The molecule has 0 aliphatic heterocycles. The fraction of sp³-hybridized carbons (Fsp3) is 0.176. The first-order chi connectivity index (χ1) is 13.0. The van der Waals surface area contributed by atoms with E-state index in [0.29, 0.717) is 0 Å². The van der Waals surface area contributed by atoms with Crippen LogP contribution in [0.1, 0.15) is 12.5 Å². The largest absolute Gasteiger partial charge is 0.418 e. The first-order valence-electron chi connectivity index (χ1n) is 7.89. The van der Waals surface area contributed by atoms with Crippen molar-refractivity contribution in [3.8, 4) is 5.69 Å². The van der Waals surface area contributed by atoms with Gasteiger partial charge in [-0.05, 0) is 24.3 Å². The van der Waals surface area contributed by atoms with Crippen LogP contribution in [0.25, 0.3) is 16.7 Å². The summed E-state index contributed by atoms with van der Waals surface area (Å²) in [5.41, 5.74) is -1.00. The number of halogens is 3. The zero-order valence-corrected chi connectivity index (χ0v) is 15.5. The zero-order valence-electron chi connectivity index (χ0n) is 14.7. The molecule has 1 amide bonds. The molecule has 11 heteroatoms. The maximum atomic E-state index is 13.7. The molecule has 0 radical (unpaired) electrons. The Balaban J connectivity index is 2.38. The Hall–Kier alpha value is -3.08. The van der Waals surface area contributed by atoms with Crippen molar-refractivity contribution in [1.82, 2.24) is 9.55 Å². The Labute approximate surface area is 158 Å². The van der Waals surface area contributed by atoms with E-state index in [1.54, 1.807) is 0 Å². The molecule has 148 valence electrons. The van der Waals surface area contributed by atoms with Gasteiger partial charge in [0, 0.05) is 6.92 Å². The van der Waals surface area contributed by atoms with Gasteiger partial charge >= 0.3 is 6.18 Å². The van der Waals surface area contributed by atoms with Crippen LogP contribution in [0.4, 0.5) is 24.5 Å². The Bertz CT molecular complexity index is 1170. The van der Waals surface area contributed by atoms with Crippen molar-refractivity contribution in [3.63, 3.8) is 0 Å². The molecule has 0 aliphatic carbocycles. The van der Waals surface area contributed by atoms with E-state index in [-0.39, 0.29) is 28.1 Å². The molecule has 28 heavy (non-hydrogen) atoms. The standard InChI is InChI=1S/C17H15F3N4O3S/c1-10(25)22-13-7-3-5-11(17(18,19)20)15(13)24-9-21-12-6-4-8-14(16(12)24)23-28(2,26)27/h3-9,23H,1-2H3,(H,22,25). The van der Waals surface area contributed by atoms with Crippen molar-refractivity contribution in [2.75, 3.05) is 16.3 Å². The molecule has 0 bridgehead atoms. The summed E-state index contributed by atoms with van der Waals surface area (Å²) in [6, 6.07) is 7.84. The molecule has 7 nitrogen and oxygen atoms in total. The molecule has 0 aliphatic rings. The predicted octanol–water partition coefficient (Wildman–Crippen LogP) is 3.37. The minimum Gasteiger partial charge on any atom is -0.325 e. The number of sulfonamides is 1. The number of para-hydroxylation sites is 2. The molecule has 0 fully saturated rings. The van der Waals surface area contributed by atoms with Gasteiger partial charge in [-0.1, -0.05) is 12.1 Å². The van der Waals surface area contributed by atoms with Crippen molar-refractivity contribution in [2.24, 2.45) is 0 Å². The highest BCUT2D eigenvalue weighted by atomic mass is 32.2. The van der Waals surface area contributed by atoms with E-state index in [1.165, 1.54) is 37.3 Å². The summed E-state index contributed by atoms with van der Waals surface area (Å²) < 4.78 is 67.8. The van der Waals surface area contributed by atoms with Crippen molar-refractivity contribution in [1.29, 1.82) is 0 Å². The number of carbonyl (C=O) groups excluding carboxylic acids is 1. The summed E-state index contributed by atoms with van der Waals surface area (Å²) in [4.78, 5) is 15.6. The fourth-order valence-corrected chi connectivity index (χ4v) is 3.40. The topological polar surface area (TPSA) is 93.1 Å². The van der Waals surface area contributed by atoms with Gasteiger partial charge in [-0.25, -0.2) is 13.4 Å². The maximum absolute atomic E-state index is 13.7. The van der Waals surface area contributed by atoms with Gasteiger partial charge in [0.05, 0.1) is 39.9 Å². The van der Waals surface area contributed by atoms with Crippen LogP contribution >= 0.6 is 0 Å². The molecule has 3 aromatic rings. The smallest absolute Gasteiger partial charge is 0.325 e. The molecule has 0 spiro atoms. The predicted molar refractivity (Wildman–Crippen MR) is 98.8 cm³/mol. The summed E-state index contributed by atoms with van der Waals surface area (Å²) in [6.07, 6.45) is -2.65. The highest BCUT2D eigenvalue weighted by molar-refractivity contribution is 7.92. The highest BCUT2D eigenvalue weighted by Gasteiger charge is 2.35. The quantitative estimate of drug-likeness (QED) is 0.687. The van der Waals surface area contributed by atoms with Crippen LogP contribution in [0.3, 0.4) is 0 Å². The molecule has 3 rings (SSSR count). The molecular weight excluding hydrogens is 397 g/mol. The molecule has 0 atom stereocenters. The van der Waals surface area contributed by atoms with Crippen molar-refractivity contribution < 1.29 is 26.4 Å². The highest BCUT2D eigenvalue weighted by Crippen LogP contribution is 2.39. The molecule has 1 heterocycles. The molecule has 0 unspecified atom stereocenters. The first-order valence-corrected chi connectivity index (χ1v) is 9.78. The first kappa shape index (κ1) is 19.7. The second-order valence-corrected chi connectivity index (χ2v) is 7.79. The van der Waals surface area contributed by atoms with Gasteiger partial charge in [-0.15, -0.1) is 0 Å². The molecule has 0 saturated carbocycles. The van der Waals surface area contributed by atoms with E-state index in [1.807, 2.05) is 0 Å². The number of anilines is 2. The average molecular weight is 412 g/mol. The monoisotopic (exact) mass is 412 g/mol. The van der Waals surface area contributed by atoms with Gasteiger partial charge in [-0.3, -0.25) is 14.1 Å². The lowest BCUT2D eigenvalue weighted by Gasteiger charge is -2.19. The van der Waals surface area contributed by atoms with Gasteiger partial charge in [-0.2, -0.15) is 13.2 Å². The summed E-state index contributed by atoms with van der Waals surface area (Å²) in [5, 5.41) is 2.38.